The van der Waals surface area contributed by atoms with Crippen molar-refractivity contribution in [3.63, 3.8) is 0 Å². The molecule has 0 aromatic heterocycles. The Kier molecular flexibility index (Phi) is 5.00. The molecule has 1 heterocycles. The van der Waals surface area contributed by atoms with Crippen molar-refractivity contribution in [2.45, 2.75) is 12.5 Å². The van der Waals surface area contributed by atoms with Gasteiger partial charge in [-0.3, -0.25) is 14.5 Å². The molecule has 1 amide bonds. The van der Waals surface area contributed by atoms with E-state index in [0.717, 1.165) is 5.69 Å². The normalized spacial score (nSPS) is 16.5. The molecule has 0 saturated carbocycles. The second-order valence-electron chi connectivity index (χ2n) is 6.51. The maximum Gasteiger partial charge on any atom is 0.256 e. The molecule has 1 aliphatic heterocycles. The Morgan fingerprint density at radius 1 is 0.786 bits per heavy atom. The Balaban J connectivity index is 1.72. The van der Waals surface area contributed by atoms with Gasteiger partial charge in [-0.2, -0.15) is 0 Å². The first-order chi connectivity index (χ1) is 13.7. The first-order valence-electron chi connectivity index (χ1n) is 9.02. The van der Waals surface area contributed by atoms with Crippen molar-refractivity contribution in [2.24, 2.45) is 0 Å². The highest BCUT2D eigenvalue weighted by atomic mass is 32.1. The molecule has 0 unspecified atom stereocenters. The van der Waals surface area contributed by atoms with E-state index in [4.69, 9.17) is 12.2 Å². The second kappa shape index (κ2) is 7.74. The number of nitrogens with zero attached hydrogens (tertiary/aromatic N) is 2. The summed E-state index contributed by atoms with van der Waals surface area (Å²) in [5.41, 5.74) is 2.09. The molecule has 0 aliphatic carbocycles. The van der Waals surface area contributed by atoms with Crippen molar-refractivity contribution in [3.05, 3.63) is 96.6 Å². The van der Waals surface area contributed by atoms with Gasteiger partial charge in [0.1, 0.15) is 6.04 Å². The summed E-state index contributed by atoms with van der Waals surface area (Å²) in [6.45, 7) is 0. The standard InChI is InChI=1S/C23H18N2O2S/c26-21(17-10-4-1-5-11-17)16-20-22(27)25(19-14-8-3-9-15-19)23(28)24(20)18-12-6-2-7-13-18/h1-15,20H,16H2/t20-/m1/s1. The number of ketones is 1. The van der Waals surface area contributed by atoms with Crippen molar-refractivity contribution in [2.75, 3.05) is 9.80 Å². The molecule has 3 aromatic rings. The van der Waals surface area contributed by atoms with Gasteiger partial charge in [0, 0.05) is 17.7 Å². The van der Waals surface area contributed by atoms with Gasteiger partial charge in [-0.1, -0.05) is 66.7 Å². The lowest BCUT2D eigenvalue weighted by atomic mass is 10.0. The van der Waals surface area contributed by atoms with Gasteiger partial charge in [-0.15, -0.1) is 0 Å². The molecule has 1 aliphatic rings. The zero-order chi connectivity index (χ0) is 19.5. The highest BCUT2D eigenvalue weighted by molar-refractivity contribution is 7.81. The number of Topliss-reactive ketones (excluding diaryl/α,β-unsaturated/α-hetero) is 1. The van der Waals surface area contributed by atoms with Crippen LogP contribution in [0.25, 0.3) is 0 Å². The van der Waals surface area contributed by atoms with E-state index in [-0.39, 0.29) is 18.1 Å². The number of anilines is 2. The lowest BCUT2D eigenvalue weighted by Gasteiger charge is -2.23. The number of carbonyl (C=O) groups is 2. The van der Waals surface area contributed by atoms with Crippen LogP contribution >= 0.6 is 12.2 Å². The van der Waals surface area contributed by atoms with Crippen LogP contribution in [0.4, 0.5) is 11.4 Å². The Morgan fingerprint density at radius 3 is 1.86 bits per heavy atom. The molecule has 0 radical (unpaired) electrons. The number of para-hydroxylation sites is 2. The fourth-order valence-corrected chi connectivity index (χ4v) is 3.81. The third kappa shape index (κ3) is 3.32. The molecule has 1 fully saturated rings. The van der Waals surface area contributed by atoms with E-state index in [1.54, 1.807) is 17.0 Å². The van der Waals surface area contributed by atoms with E-state index >= 15 is 0 Å². The summed E-state index contributed by atoms with van der Waals surface area (Å²) in [4.78, 5) is 29.4. The minimum absolute atomic E-state index is 0.0568. The van der Waals surface area contributed by atoms with Crippen LogP contribution in [0.15, 0.2) is 91.0 Å². The number of benzene rings is 3. The summed E-state index contributed by atoms with van der Waals surface area (Å²) in [7, 11) is 0. The van der Waals surface area contributed by atoms with E-state index in [9.17, 15) is 9.59 Å². The van der Waals surface area contributed by atoms with Gasteiger partial charge in [0.05, 0.1) is 5.69 Å². The molecule has 4 nitrogen and oxygen atoms in total. The minimum Gasteiger partial charge on any atom is -0.305 e. The van der Waals surface area contributed by atoms with Crippen LogP contribution in [0.1, 0.15) is 16.8 Å². The number of hydrogen-bond acceptors (Lipinski definition) is 3. The quantitative estimate of drug-likeness (QED) is 0.479. The van der Waals surface area contributed by atoms with Crippen LogP contribution in [0, 0.1) is 0 Å². The van der Waals surface area contributed by atoms with Crippen molar-refractivity contribution >= 4 is 40.4 Å². The molecule has 0 bridgehead atoms. The molecule has 3 aromatic carbocycles. The van der Waals surface area contributed by atoms with Crippen LogP contribution in [-0.4, -0.2) is 22.8 Å². The summed E-state index contributed by atoms with van der Waals surface area (Å²) in [5, 5.41) is 0.383. The number of rotatable bonds is 5. The predicted octanol–water partition coefficient (Wildman–Crippen LogP) is 4.47. The molecule has 1 atom stereocenters. The summed E-state index contributed by atoms with van der Waals surface area (Å²) >= 11 is 5.67. The lowest BCUT2D eigenvalue weighted by molar-refractivity contribution is -0.117. The Labute approximate surface area is 169 Å². The van der Waals surface area contributed by atoms with Gasteiger partial charge in [0.25, 0.3) is 5.91 Å². The molecular formula is C23H18N2O2S. The van der Waals surface area contributed by atoms with Crippen molar-refractivity contribution in [3.8, 4) is 0 Å². The van der Waals surface area contributed by atoms with Crippen LogP contribution in [0.2, 0.25) is 0 Å². The average Bonchev–Trinajstić information content (AvgIpc) is 2.99. The molecule has 0 spiro atoms. The summed E-state index contributed by atoms with van der Waals surface area (Å²) in [5.74, 6) is -0.276. The summed E-state index contributed by atoms with van der Waals surface area (Å²) < 4.78 is 0. The van der Waals surface area contributed by atoms with E-state index in [2.05, 4.69) is 0 Å². The lowest BCUT2D eigenvalue weighted by Crippen LogP contribution is -2.36. The average molecular weight is 386 g/mol. The molecule has 1 saturated heterocycles. The Morgan fingerprint density at radius 2 is 1.29 bits per heavy atom. The molecular weight excluding hydrogens is 368 g/mol. The van der Waals surface area contributed by atoms with Gasteiger partial charge in [-0.25, -0.2) is 0 Å². The molecule has 138 valence electrons. The van der Waals surface area contributed by atoms with Gasteiger partial charge < -0.3 is 4.90 Å². The van der Waals surface area contributed by atoms with Crippen LogP contribution in [0.5, 0.6) is 0 Å². The molecule has 5 heteroatoms. The van der Waals surface area contributed by atoms with Gasteiger partial charge in [-0.05, 0) is 36.5 Å². The van der Waals surface area contributed by atoms with Crippen LogP contribution in [0.3, 0.4) is 0 Å². The molecule has 4 rings (SSSR count). The van der Waals surface area contributed by atoms with Gasteiger partial charge in [0.2, 0.25) is 0 Å². The van der Waals surface area contributed by atoms with Gasteiger partial charge in [0.15, 0.2) is 10.9 Å². The molecule has 28 heavy (non-hydrogen) atoms. The van der Waals surface area contributed by atoms with E-state index in [1.165, 1.54) is 4.90 Å². The first kappa shape index (κ1) is 18.1. The predicted molar refractivity (Wildman–Crippen MR) is 115 cm³/mol. The largest absolute Gasteiger partial charge is 0.305 e. The maximum absolute atomic E-state index is 13.3. The minimum atomic E-state index is -0.678. The maximum atomic E-state index is 13.3. The highest BCUT2D eigenvalue weighted by Crippen LogP contribution is 2.31. The highest BCUT2D eigenvalue weighted by Gasteiger charge is 2.44. The fraction of sp³-hybridized carbons (Fsp3) is 0.0870. The topological polar surface area (TPSA) is 40.6 Å². The number of amides is 1. The Bertz CT molecular complexity index is 1010. The van der Waals surface area contributed by atoms with Crippen molar-refractivity contribution in [1.29, 1.82) is 0 Å². The third-order valence-electron chi connectivity index (χ3n) is 4.74. The van der Waals surface area contributed by atoms with E-state index in [0.29, 0.717) is 16.4 Å². The summed E-state index contributed by atoms with van der Waals surface area (Å²) in [6, 6.07) is 27.1. The van der Waals surface area contributed by atoms with Crippen LogP contribution < -0.4 is 9.80 Å². The smallest absolute Gasteiger partial charge is 0.256 e. The molecule has 0 N–H and O–H groups in total. The van der Waals surface area contributed by atoms with Crippen LogP contribution in [-0.2, 0) is 4.79 Å². The monoisotopic (exact) mass is 386 g/mol. The number of carbonyl (C=O) groups excluding carboxylic acids is 2. The van der Waals surface area contributed by atoms with Crippen molar-refractivity contribution < 1.29 is 9.59 Å². The third-order valence-corrected chi connectivity index (χ3v) is 5.12. The SMILES string of the molecule is O=C(C[C@@H]1C(=O)N(c2ccccc2)C(=S)N1c1ccccc1)c1ccccc1. The van der Waals surface area contributed by atoms with Gasteiger partial charge >= 0.3 is 0 Å². The number of thiocarbonyl (C=S) groups is 1. The summed E-state index contributed by atoms with van der Waals surface area (Å²) in [6.07, 6.45) is 0.0568. The van der Waals surface area contributed by atoms with E-state index in [1.807, 2.05) is 78.9 Å². The van der Waals surface area contributed by atoms with E-state index < -0.39 is 6.04 Å². The Hall–Kier alpha value is -3.31. The first-order valence-corrected chi connectivity index (χ1v) is 9.43. The number of hydrogen-bond donors (Lipinski definition) is 0. The zero-order valence-electron chi connectivity index (χ0n) is 15.1. The second-order valence-corrected chi connectivity index (χ2v) is 6.87. The van der Waals surface area contributed by atoms with Crippen molar-refractivity contribution in [1.82, 2.24) is 0 Å². The zero-order valence-corrected chi connectivity index (χ0v) is 15.9. The fourth-order valence-electron chi connectivity index (χ4n) is 3.38.